The quantitative estimate of drug-likeness (QED) is 0.388. The summed E-state index contributed by atoms with van der Waals surface area (Å²) in [6.07, 6.45) is 6.03. The molecule has 0 aliphatic carbocycles. The highest BCUT2D eigenvalue weighted by atomic mass is 35.5. The number of hydrogen-bond donors (Lipinski definition) is 2. The molecule has 2 N–H and O–H groups in total. The van der Waals surface area contributed by atoms with Crippen LogP contribution < -0.4 is 10.0 Å². The molecule has 1 aromatic heterocycles. The third kappa shape index (κ3) is 8.66. The van der Waals surface area contributed by atoms with E-state index in [1.165, 1.54) is 22.3 Å². The molecule has 1 aromatic rings. The van der Waals surface area contributed by atoms with Gasteiger partial charge in [0.1, 0.15) is 6.04 Å². The summed E-state index contributed by atoms with van der Waals surface area (Å²) in [7, 11) is -2.02. The van der Waals surface area contributed by atoms with Crippen LogP contribution in [-0.2, 0) is 19.6 Å². The number of likely N-dealkylation sites (N-methyl/N-ethyl adjacent to an activating group) is 1. The predicted molar refractivity (Wildman–Crippen MR) is 161 cm³/mol. The van der Waals surface area contributed by atoms with Crippen LogP contribution in [0.4, 0.5) is 4.79 Å². The van der Waals surface area contributed by atoms with Crippen molar-refractivity contribution in [2.75, 3.05) is 52.9 Å². The van der Waals surface area contributed by atoms with E-state index in [-0.39, 0.29) is 36.5 Å². The number of carbonyl (C=O) groups is 3. The largest absolute Gasteiger partial charge is 0.338 e. The van der Waals surface area contributed by atoms with E-state index in [1.807, 2.05) is 18.9 Å². The summed E-state index contributed by atoms with van der Waals surface area (Å²) < 4.78 is 28.3. The molecule has 0 radical (unpaired) electrons. The molecule has 3 fully saturated rings. The number of urea groups is 1. The summed E-state index contributed by atoms with van der Waals surface area (Å²) in [6.45, 7) is 6.08. The second-order valence-corrected chi connectivity index (χ2v) is 14.3. The van der Waals surface area contributed by atoms with Gasteiger partial charge in [0.05, 0.1) is 10.9 Å². The minimum atomic E-state index is -3.86. The zero-order valence-electron chi connectivity index (χ0n) is 23.8. The summed E-state index contributed by atoms with van der Waals surface area (Å²) in [5, 5.41) is 3.97. The number of halogens is 1. The van der Waals surface area contributed by atoms with Crippen molar-refractivity contribution in [3.8, 4) is 0 Å². The van der Waals surface area contributed by atoms with Gasteiger partial charge >= 0.3 is 6.03 Å². The van der Waals surface area contributed by atoms with Crippen LogP contribution in [0.1, 0.15) is 50.3 Å². The lowest BCUT2D eigenvalue weighted by Crippen LogP contribution is -2.55. The molecule has 4 rings (SSSR count). The number of nitrogens with one attached hydrogen (secondary N) is 2. The lowest BCUT2D eigenvalue weighted by Gasteiger charge is -2.34. The molecule has 41 heavy (non-hydrogen) atoms. The highest BCUT2D eigenvalue weighted by molar-refractivity contribution is 7.92. The van der Waals surface area contributed by atoms with Crippen molar-refractivity contribution in [3.05, 3.63) is 26.8 Å². The molecule has 1 unspecified atom stereocenters. The van der Waals surface area contributed by atoms with Gasteiger partial charge in [-0.25, -0.2) is 13.2 Å². The summed E-state index contributed by atoms with van der Waals surface area (Å²) in [4.78, 5) is 47.0. The van der Waals surface area contributed by atoms with Gasteiger partial charge in [-0.05, 0) is 56.7 Å². The van der Waals surface area contributed by atoms with Gasteiger partial charge in [-0.3, -0.25) is 14.5 Å². The van der Waals surface area contributed by atoms with Crippen LogP contribution in [0.5, 0.6) is 0 Å². The minimum absolute atomic E-state index is 0.0494. The van der Waals surface area contributed by atoms with Crippen molar-refractivity contribution in [2.45, 2.75) is 63.6 Å². The molecule has 3 atom stereocenters. The molecule has 4 heterocycles. The lowest BCUT2D eigenvalue weighted by atomic mass is 10.1. The van der Waals surface area contributed by atoms with Gasteiger partial charge in [-0.2, -0.15) is 4.72 Å². The smallest absolute Gasteiger partial charge is 0.317 e. The number of nitrogens with zero attached hydrogens (tertiary/aromatic N) is 4. The van der Waals surface area contributed by atoms with E-state index >= 15 is 0 Å². The van der Waals surface area contributed by atoms with Crippen LogP contribution in [-0.4, -0.2) is 117 Å². The Kier molecular flexibility index (Phi) is 11.1. The molecule has 14 heteroatoms. The molecular weight excluding hydrogens is 588 g/mol. The molecule has 11 nitrogen and oxygen atoms in total. The van der Waals surface area contributed by atoms with Gasteiger partial charge < -0.3 is 20.0 Å². The number of sulfonamides is 1. The number of carbonyl (C=O) groups excluding carboxylic acids is 3. The van der Waals surface area contributed by atoms with Gasteiger partial charge in [-0.1, -0.05) is 18.5 Å². The van der Waals surface area contributed by atoms with E-state index in [2.05, 4.69) is 14.9 Å². The zero-order chi connectivity index (χ0) is 29.6. The Labute approximate surface area is 251 Å². The van der Waals surface area contributed by atoms with E-state index in [0.29, 0.717) is 41.7 Å². The van der Waals surface area contributed by atoms with Gasteiger partial charge in [0.2, 0.25) is 21.8 Å². The SMILES string of the molecule is CCCNC(=O)N(C)C1CCN(C[C@@H]2CCCN2C(=O)CN2CCC[C@H](NS(=O)(=O)/C=C/c3ccc(Cl)s3)C2=O)C1. The second kappa shape index (κ2) is 14.3. The third-order valence-electron chi connectivity index (χ3n) is 7.98. The fourth-order valence-electron chi connectivity index (χ4n) is 5.74. The number of rotatable bonds is 11. The normalized spacial score (nSPS) is 24.0. The van der Waals surface area contributed by atoms with Gasteiger partial charge in [-0.15, -0.1) is 11.3 Å². The van der Waals surface area contributed by atoms with Crippen LogP contribution in [0, 0.1) is 0 Å². The second-order valence-electron chi connectivity index (χ2n) is 11.0. The van der Waals surface area contributed by atoms with Crippen molar-refractivity contribution >= 4 is 56.9 Å². The average molecular weight is 629 g/mol. The predicted octanol–water partition coefficient (Wildman–Crippen LogP) is 2.40. The molecule has 3 saturated heterocycles. The Balaban J connectivity index is 1.28. The molecule has 0 aromatic carbocycles. The number of piperidine rings is 1. The Hall–Kier alpha value is -2.19. The molecule has 0 spiro atoms. The van der Waals surface area contributed by atoms with Crippen LogP contribution in [0.25, 0.3) is 6.08 Å². The number of amides is 4. The molecule has 0 bridgehead atoms. The summed E-state index contributed by atoms with van der Waals surface area (Å²) in [6, 6.07) is 2.66. The highest BCUT2D eigenvalue weighted by Crippen LogP contribution is 2.24. The van der Waals surface area contributed by atoms with Crippen LogP contribution >= 0.6 is 22.9 Å². The van der Waals surface area contributed by atoms with Gasteiger partial charge in [0, 0.05) is 68.7 Å². The first kappa shape index (κ1) is 31.7. The van der Waals surface area contributed by atoms with Gasteiger partial charge in [0.15, 0.2) is 0 Å². The van der Waals surface area contributed by atoms with Crippen molar-refractivity contribution in [3.63, 3.8) is 0 Å². The zero-order valence-corrected chi connectivity index (χ0v) is 26.1. The maximum absolute atomic E-state index is 13.4. The number of thiophene rings is 1. The standard InChI is InChI=1S/C27H41ClN6O5S2/c1-3-12-29-27(37)31(2)20-10-15-32(17-20)18-21-6-4-14-34(21)25(35)19-33-13-5-7-23(26(33)36)30-41(38,39)16-11-22-8-9-24(28)40-22/h8-9,11,16,20-21,23,30H,3-7,10,12-15,17-19H2,1-2H3,(H,29,37)/b16-11+/t20?,21-,23-/m0/s1. The van der Waals surface area contributed by atoms with E-state index in [0.717, 1.165) is 50.7 Å². The molecule has 4 amide bonds. The number of likely N-dealkylation sites (tertiary alicyclic amines) is 3. The van der Waals surface area contributed by atoms with Crippen molar-refractivity contribution in [1.82, 2.24) is 29.6 Å². The Morgan fingerprint density at radius 3 is 2.68 bits per heavy atom. The molecule has 3 aliphatic heterocycles. The first-order valence-electron chi connectivity index (χ1n) is 14.3. The Morgan fingerprint density at radius 1 is 1.17 bits per heavy atom. The summed E-state index contributed by atoms with van der Waals surface area (Å²) >= 11 is 7.16. The Morgan fingerprint density at radius 2 is 1.95 bits per heavy atom. The molecule has 0 saturated carbocycles. The van der Waals surface area contributed by atoms with E-state index in [4.69, 9.17) is 11.6 Å². The molecular formula is C27H41ClN6O5S2. The third-order valence-corrected chi connectivity index (χ3v) is 10.3. The van der Waals surface area contributed by atoms with E-state index in [9.17, 15) is 22.8 Å². The molecule has 3 aliphatic rings. The topological polar surface area (TPSA) is 122 Å². The van der Waals surface area contributed by atoms with Crippen LogP contribution in [0.3, 0.4) is 0 Å². The van der Waals surface area contributed by atoms with Crippen molar-refractivity contribution in [1.29, 1.82) is 0 Å². The first-order chi connectivity index (χ1) is 19.6. The minimum Gasteiger partial charge on any atom is -0.338 e. The lowest BCUT2D eigenvalue weighted by molar-refractivity contribution is -0.143. The average Bonchev–Trinajstić information content (AvgIpc) is 3.70. The fraction of sp³-hybridized carbons (Fsp3) is 0.667. The van der Waals surface area contributed by atoms with E-state index < -0.39 is 16.1 Å². The van der Waals surface area contributed by atoms with Crippen LogP contribution in [0.2, 0.25) is 4.34 Å². The maximum atomic E-state index is 13.4. The monoisotopic (exact) mass is 628 g/mol. The summed E-state index contributed by atoms with van der Waals surface area (Å²) in [5.74, 6) is -0.478. The first-order valence-corrected chi connectivity index (χ1v) is 17.1. The van der Waals surface area contributed by atoms with Crippen LogP contribution in [0.15, 0.2) is 17.5 Å². The van der Waals surface area contributed by atoms with Gasteiger partial charge in [0.25, 0.3) is 0 Å². The Bertz CT molecular complexity index is 1220. The maximum Gasteiger partial charge on any atom is 0.317 e. The highest BCUT2D eigenvalue weighted by Gasteiger charge is 2.37. The number of hydrogen-bond acceptors (Lipinski definition) is 7. The fourth-order valence-corrected chi connectivity index (χ4v) is 7.81. The molecule has 228 valence electrons. The van der Waals surface area contributed by atoms with E-state index in [1.54, 1.807) is 17.0 Å². The van der Waals surface area contributed by atoms with Crippen molar-refractivity contribution < 1.29 is 22.8 Å². The van der Waals surface area contributed by atoms with Crippen molar-refractivity contribution in [2.24, 2.45) is 0 Å². The summed E-state index contributed by atoms with van der Waals surface area (Å²) in [5.41, 5.74) is 0.